The highest BCUT2D eigenvalue weighted by atomic mass is 79.9. The van der Waals surface area contributed by atoms with Crippen molar-refractivity contribution < 1.29 is 14.2 Å². The highest BCUT2D eigenvalue weighted by Crippen LogP contribution is 2.25. The van der Waals surface area contributed by atoms with Crippen LogP contribution in [0, 0.1) is 5.82 Å². The maximum atomic E-state index is 13.2. The number of rotatable bonds is 3. The summed E-state index contributed by atoms with van der Waals surface area (Å²) in [6, 6.07) is 5.40. The van der Waals surface area contributed by atoms with E-state index in [0.29, 0.717) is 16.9 Å². The summed E-state index contributed by atoms with van der Waals surface area (Å²) in [7, 11) is 0. The molecule has 2 heterocycles. The molecule has 2 aliphatic heterocycles. The molecule has 1 aromatic rings. The molecule has 3 rings (SSSR count). The lowest BCUT2D eigenvalue weighted by Gasteiger charge is -2.37. The molecule has 0 radical (unpaired) electrons. The molecule has 110 valence electrons. The van der Waals surface area contributed by atoms with E-state index in [2.05, 4.69) is 20.8 Å². The Labute approximate surface area is 126 Å². The molecule has 0 bridgehead atoms. The Morgan fingerprint density at radius 2 is 2.35 bits per heavy atom. The molecule has 0 aliphatic carbocycles. The van der Waals surface area contributed by atoms with Crippen molar-refractivity contribution in [1.82, 2.24) is 4.90 Å². The van der Waals surface area contributed by atoms with E-state index in [9.17, 15) is 9.50 Å². The third-order valence-electron chi connectivity index (χ3n) is 4.27. The fraction of sp³-hybridized carbons (Fsp3) is 0.600. The van der Waals surface area contributed by atoms with Crippen molar-refractivity contribution in [2.24, 2.45) is 0 Å². The van der Waals surface area contributed by atoms with Crippen LogP contribution in [0.2, 0.25) is 0 Å². The van der Waals surface area contributed by atoms with E-state index in [1.165, 1.54) is 18.9 Å². The predicted molar refractivity (Wildman–Crippen MR) is 78.1 cm³/mol. The SMILES string of the molecule is OC(Cc1ccc(F)c(Br)c1)C1CN2CCCC2CO1. The van der Waals surface area contributed by atoms with Crippen molar-refractivity contribution in [2.45, 2.75) is 37.5 Å². The van der Waals surface area contributed by atoms with Crippen LogP contribution in [-0.4, -0.2) is 48.0 Å². The first-order valence-corrected chi connectivity index (χ1v) is 7.90. The normalized spacial score (nSPS) is 28.4. The monoisotopic (exact) mass is 343 g/mol. The van der Waals surface area contributed by atoms with Gasteiger partial charge in [-0.3, -0.25) is 4.90 Å². The van der Waals surface area contributed by atoms with Crippen LogP contribution in [0.1, 0.15) is 18.4 Å². The Balaban J connectivity index is 1.61. The fourth-order valence-electron chi connectivity index (χ4n) is 3.12. The quantitative estimate of drug-likeness (QED) is 0.914. The second kappa shape index (κ2) is 6.10. The van der Waals surface area contributed by atoms with Gasteiger partial charge < -0.3 is 9.84 Å². The summed E-state index contributed by atoms with van der Waals surface area (Å²) in [5, 5.41) is 10.3. The van der Waals surface area contributed by atoms with Crippen molar-refractivity contribution in [3.63, 3.8) is 0 Å². The zero-order valence-corrected chi connectivity index (χ0v) is 12.9. The molecular weight excluding hydrogens is 325 g/mol. The molecule has 3 nitrogen and oxygen atoms in total. The lowest BCUT2D eigenvalue weighted by atomic mass is 10.0. The zero-order valence-electron chi connectivity index (χ0n) is 11.3. The van der Waals surface area contributed by atoms with Gasteiger partial charge in [-0.15, -0.1) is 0 Å². The van der Waals surface area contributed by atoms with Crippen LogP contribution in [0.15, 0.2) is 22.7 Å². The Kier molecular flexibility index (Phi) is 4.40. The van der Waals surface area contributed by atoms with E-state index in [-0.39, 0.29) is 11.9 Å². The fourth-order valence-corrected chi connectivity index (χ4v) is 3.54. The Morgan fingerprint density at radius 3 is 3.15 bits per heavy atom. The van der Waals surface area contributed by atoms with Crippen molar-refractivity contribution >= 4 is 15.9 Å². The minimum atomic E-state index is -0.547. The molecule has 3 atom stereocenters. The smallest absolute Gasteiger partial charge is 0.137 e. The van der Waals surface area contributed by atoms with E-state index < -0.39 is 6.10 Å². The largest absolute Gasteiger partial charge is 0.390 e. The Bertz CT molecular complexity index is 485. The third kappa shape index (κ3) is 3.06. The van der Waals surface area contributed by atoms with Crippen molar-refractivity contribution in [2.75, 3.05) is 19.7 Å². The number of hydrogen-bond acceptors (Lipinski definition) is 3. The topological polar surface area (TPSA) is 32.7 Å². The van der Waals surface area contributed by atoms with E-state index >= 15 is 0 Å². The third-order valence-corrected chi connectivity index (χ3v) is 4.88. The highest BCUT2D eigenvalue weighted by Gasteiger charge is 2.35. The number of morpholine rings is 1. The first-order valence-electron chi connectivity index (χ1n) is 7.11. The summed E-state index contributed by atoms with van der Waals surface area (Å²) in [6.07, 6.45) is 2.22. The maximum absolute atomic E-state index is 13.2. The van der Waals surface area contributed by atoms with E-state index in [1.54, 1.807) is 12.1 Å². The first-order chi connectivity index (χ1) is 9.63. The molecule has 0 spiro atoms. The molecule has 20 heavy (non-hydrogen) atoms. The van der Waals surface area contributed by atoms with Gasteiger partial charge in [0.05, 0.1) is 23.3 Å². The molecular formula is C15H19BrFNO2. The molecule has 3 unspecified atom stereocenters. The van der Waals surface area contributed by atoms with Gasteiger partial charge in [-0.25, -0.2) is 4.39 Å². The summed E-state index contributed by atoms with van der Waals surface area (Å²) >= 11 is 3.17. The number of fused-ring (bicyclic) bond motifs is 1. The standard InChI is InChI=1S/C15H19BrFNO2/c16-12-6-10(3-4-13(12)17)7-14(19)15-8-18-5-1-2-11(18)9-20-15/h3-4,6,11,14-15,19H,1-2,5,7-9H2. The van der Waals surface area contributed by atoms with Gasteiger partial charge in [-0.1, -0.05) is 6.07 Å². The summed E-state index contributed by atoms with van der Waals surface area (Å²) in [6.45, 7) is 2.63. The molecule has 1 aromatic carbocycles. The van der Waals surface area contributed by atoms with Crippen LogP contribution in [0.3, 0.4) is 0 Å². The van der Waals surface area contributed by atoms with E-state index in [4.69, 9.17) is 4.74 Å². The number of hydrogen-bond donors (Lipinski definition) is 1. The molecule has 2 aliphatic rings. The van der Waals surface area contributed by atoms with Gasteiger partial charge in [-0.05, 0) is 53.0 Å². The lowest BCUT2D eigenvalue weighted by molar-refractivity contribution is -0.101. The number of aliphatic hydroxyl groups is 1. The minimum absolute atomic E-state index is 0.145. The molecule has 0 amide bonds. The average Bonchev–Trinajstić information content (AvgIpc) is 2.90. The van der Waals surface area contributed by atoms with Gasteiger partial charge in [0.2, 0.25) is 0 Å². The number of nitrogens with zero attached hydrogens (tertiary/aromatic N) is 1. The number of aliphatic hydroxyl groups excluding tert-OH is 1. The number of halogens is 2. The van der Waals surface area contributed by atoms with Crippen LogP contribution in [0.4, 0.5) is 4.39 Å². The van der Waals surface area contributed by atoms with Gasteiger partial charge in [0.15, 0.2) is 0 Å². The molecule has 0 aromatic heterocycles. The van der Waals surface area contributed by atoms with E-state index in [0.717, 1.165) is 25.3 Å². The molecule has 2 fully saturated rings. The van der Waals surface area contributed by atoms with Crippen LogP contribution in [-0.2, 0) is 11.2 Å². The second-order valence-corrected chi connectivity index (χ2v) is 6.54. The lowest BCUT2D eigenvalue weighted by Crippen LogP contribution is -2.50. The van der Waals surface area contributed by atoms with Gasteiger partial charge >= 0.3 is 0 Å². The minimum Gasteiger partial charge on any atom is -0.390 e. The van der Waals surface area contributed by atoms with E-state index in [1.807, 2.05) is 0 Å². The number of ether oxygens (including phenoxy) is 1. The number of benzene rings is 1. The summed E-state index contributed by atoms with van der Waals surface area (Å²) < 4.78 is 19.4. The maximum Gasteiger partial charge on any atom is 0.137 e. The molecule has 1 N–H and O–H groups in total. The Morgan fingerprint density at radius 1 is 1.50 bits per heavy atom. The van der Waals surface area contributed by atoms with Gasteiger partial charge in [-0.2, -0.15) is 0 Å². The zero-order chi connectivity index (χ0) is 14.1. The summed E-state index contributed by atoms with van der Waals surface area (Å²) in [5.74, 6) is -0.280. The molecule has 5 heteroatoms. The highest BCUT2D eigenvalue weighted by molar-refractivity contribution is 9.10. The van der Waals surface area contributed by atoms with Gasteiger partial charge in [0.1, 0.15) is 5.82 Å². The van der Waals surface area contributed by atoms with Crippen LogP contribution in [0.25, 0.3) is 0 Å². The van der Waals surface area contributed by atoms with Gasteiger partial charge in [0, 0.05) is 19.0 Å². The van der Waals surface area contributed by atoms with Crippen molar-refractivity contribution in [3.05, 3.63) is 34.1 Å². The van der Waals surface area contributed by atoms with Gasteiger partial charge in [0.25, 0.3) is 0 Å². The second-order valence-electron chi connectivity index (χ2n) is 5.68. The average molecular weight is 344 g/mol. The predicted octanol–water partition coefficient (Wildman–Crippen LogP) is 2.35. The molecule has 0 saturated carbocycles. The first kappa shape index (κ1) is 14.4. The summed E-state index contributed by atoms with van der Waals surface area (Å²) in [4.78, 5) is 2.41. The van der Waals surface area contributed by atoms with Crippen molar-refractivity contribution in [1.29, 1.82) is 0 Å². The van der Waals surface area contributed by atoms with Crippen LogP contribution >= 0.6 is 15.9 Å². The van der Waals surface area contributed by atoms with Crippen molar-refractivity contribution in [3.8, 4) is 0 Å². The van der Waals surface area contributed by atoms with Crippen LogP contribution < -0.4 is 0 Å². The van der Waals surface area contributed by atoms with Crippen LogP contribution in [0.5, 0.6) is 0 Å². The Hall–Kier alpha value is -0.490. The molecule has 2 saturated heterocycles. The summed E-state index contributed by atoms with van der Waals surface area (Å²) in [5.41, 5.74) is 0.915.